The van der Waals surface area contributed by atoms with Gasteiger partial charge in [0.15, 0.2) is 0 Å². The maximum atomic E-state index is 11.9. The molecule has 0 heterocycles. The molecule has 0 spiro atoms. The van der Waals surface area contributed by atoms with E-state index in [9.17, 15) is 9.90 Å². The van der Waals surface area contributed by atoms with Crippen LogP contribution in [0.3, 0.4) is 0 Å². The molecule has 2 amide bonds. The van der Waals surface area contributed by atoms with Crippen LogP contribution < -0.4 is 15.4 Å². The second-order valence-electron chi connectivity index (χ2n) is 6.32. The number of methoxy groups -OCH3 is 1. The Morgan fingerprint density at radius 1 is 1.38 bits per heavy atom. The summed E-state index contributed by atoms with van der Waals surface area (Å²) in [5, 5.41) is 14.9. The van der Waals surface area contributed by atoms with Crippen LogP contribution >= 0.6 is 0 Å². The van der Waals surface area contributed by atoms with Crippen LogP contribution in [0.25, 0.3) is 0 Å². The normalized spacial score (nSPS) is 12.6. The van der Waals surface area contributed by atoms with Gasteiger partial charge in [0.1, 0.15) is 5.75 Å². The first-order valence-electron chi connectivity index (χ1n) is 7.12. The van der Waals surface area contributed by atoms with Crippen LogP contribution in [0.15, 0.2) is 24.3 Å². The Labute approximate surface area is 126 Å². The van der Waals surface area contributed by atoms with Crippen molar-refractivity contribution in [3.8, 4) is 5.75 Å². The molecule has 1 rings (SSSR count). The van der Waals surface area contributed by atoms with E-state index >= 15 is 0 Å². The quantitative estimate of drug-likeness (QED) is 0.754. The highest BCUT2D eigenvalue weighted by atomic mass is 16.5. The minimum absolute atomic E-state index is 0.0491. The van der Waals surface area contributed by atoms with E-state index in [1.165, 1.54) is 0 Å². The summed E-state index contributed by atoms with van der Waals surface area (Å²) in [6, 6.07) is 7.01. The van der Waals surface area contributed by atoms with Crippen LogP contribution in [0.2, 0.25) is 0 Å². The largest absolute Gasteiger partial charge is 0.497 e. The third-order valence-electron chi connectivity index (χ3n) is 3.00. The number of hydrogen-bond acceptors (Lipinski definition) is 3. The van der Waals surface area contributed by atoms with Crippen molar-refractivity contribution in [3.05, 3.63) is 29.8 Å². The molecule has 0 fully saturated rings. The van der Waals surface area contributed by atoms with Crippen LogP contribution in [0.1, 0.15) is 32.8 Å². The lowest BCUT2D eigenvalue weighted by molar-refractivity contribution is 0.190. The van der Waals surface area contributed by atoms with Crippen molar-refractivity contribution in [3.63, 3.8) is 0 Å². The van der Waals surface area contributed by atoms with Crippen LogP contribution in [-0.4, -0.2) is 30.9 Å². The molecule has 5 heteroatoms. The fraction of sp³-hybridized carbons (Fsp3) is 0.562. The minimum atomic E-state index is -0.277. The third kappa shape index (κ3) is 6.99. The number of hydrogen-bond donors (Lipinski definition) is 3. The molecule has 0 aliphatic carbocycles. The Bertz CT molecular complexity index is 455. The lowest BCUT2D eigenvalue weighted by Gasteiger charge is -2.25. The summed E-state index contributed by atoms with van der Waals surface area (Å²) in [6.07, 6.45) is 0.718. The summed E-state index contributed by atoms with van der Waals surface area (Å²) in [5.41, 5.74) is 1.01. The number of nitrogens with one attached hydrogen (secondary N) is 2. The Kier molecular flexibility index (Phi) is 6.49. The van der Waals surface area contributed by atoms with Crippen molar-refractivity contribution >= 4 is 6.03 Å². The lowest BCUT2D eigenvalue weighted by atomic mass is 9.88. The van der Waals surface area contributed by atoms with Gasteiger partial charge in [-0.3, -0.25) is 0 Å². The highest BCUT2D eigenvalue weighted by molar-refractivity contribution is 5.74. The highest BCUT2D eigenvalue weighted by Crippen LogP contribution is 2.20. The molecule has 0 saturated carbocycles. The average Bonchev–Trinajstić information content (AvgIpc) is 2.43. The molecule has 1 atom stereocenters. The van der Waals surface area contributed by atoms with Gasteiger partial charge in [-0.05, 0) is 29.5 Å². The number of urea groups is 1. The number of aliphatic hydroxyl groups excluding tert-OH is 1. The van der Waals surface area contributed by atoms with Crippen molar-refractivity contribution < 1.29 is 14.6 Å². The SMILES string of the molecule is COc1cccc(CNC(=O)NC(CO)CC(C)(C)C)c1. The number of rotatable bonds is 6. The molecule has 3 N–H and O–H groups in total. The van der Waals surface area contributed by atoms with Gasteiger partial charge in [0.05, 0.1) is 19.8 Å². The fourth-order valence-corrected chi connectivity index (χ4v) is 2.10. The van der Waals surface area contributed by atoms with Gasteiger partial charge in [-0.25, -0.2) is 4.79 Å². The molecule has 0 aromatic heterocycles. The first kappa shape index (κ1) is 17.3. The number of aliphatic hydroxyl groups is 1. The summed E-state index contributed by atoms with van der Waals surface area (Å²) >= 11 is 0. The molecule has 5 nitrogen and oxygen atoms in total. The summed E-state index contributed by atoms with van der Waals surface area (Å²) in [7, 11) is 1.61. The van der Waals surface area contributed by atoms with Crippen LogP contribution in [0.4, 0.5) is 4.79 Å². The summed E-state index contributed by atoms with van der Waals surface area (Å²) in [4.78, 5) is 11.9. The Morgan fingerprint density at radius 2 is 2.10 bits per heavy atom. The molecule has 1 aromatic rings. The lowest BCUT2D eigenvalue weighted by Crippen LogP contribution is -2.45. The third-order valence-corrected chi connectivity index (χ3v) is 3.00. The number of carbonyl (C=O) groups excluding carboxylic acids is 1. The molecular weight excluding hydrogens is 268 g/mol. The molecule has 0 radical (unpaired) electrons. The first-order valence-corrected chi connectivity index (χ1v) is 7.12. The Balaban J connectivity index is 2.45. The van der Waals surface area contributed by atoms with Crippen LogP contribution in [0.5, 0.6) is 5.75 Å². The van der Waals surface area contributed by atoms with E-state index in [2.05, 4.69) is 31.4 Å². The number of ether oxygens (including phenoxy) is 1. The molecule has 0 aliphatic rings. The summed E-state index contributed by atoms with van der Waals surface area (Å²) < 4.78 is 5.14. The predicted octanol–water partition coefficient (Wildman–Crippen LogP) is 2.29. The molecular formula is C16H26N2O3. The smallest absolute Gasteiger partial charge is 0.315 e. The first-order chi connectivity index (χ1) is 9.84. The number of benzene rings is 1. The van der Waals surface area contributed by atoms with E-state index < -0.39 is 0 Å². The maximum absolute atomic E-state index is 11.9. The maximum Gasteiger partial charge on any atom is 0.315 e. The Morgan fingerprint density at radius 3 is 2.67 bits per heavy atom. The molecule has 0 saturated heterocycles. The second kappa shape index (κ2) is 7.88. The van der Waals surface area contributed by atoms with Crippen molar-refractivity contribution in [2.75, 3.05) is 13.7 Å². The van der Waals surface area contributed by atoms with Crippen molar-refractivity contribution in [1.29, 1.82) is 0 Å². The molecule has 21 heavy (non-hydrogen) atoms. The van der Waals surface area contributed by atoms with E-state index in [1.807, 2.05) is 24.3 Å². The second-order valence-corrected chi connectivity index (χ2v) is 6.32. The zero-order valence-corrected chi connectivity index (χ0v) is 13.3. The van der Waals surface area contributed by atoms with E-state index in [1.54, 1.807) is 7.11 Å². The van der Waals surface area contributed by atoms with E-state index in [-0.39, 0.29) is 24.1 Å². The van der Waals surface area contributed by atoms with E-state index in [4.69, 9.17) is 4.74 Å². The monoisotopic (exact) mass is 294 g/mol. The van der Waals surface area contributed by atoms with Crippen molar-refractivity contribution in [1.82, 2.24) is 10.6 Å². The predicted molar refractivity (Wildman–Crippen MR) is 83.3 cm³/mol. The highest BCUT2D eigenvalue weighted by Gasteiger charge is 2.19. The molecule has 1 unspecified atom stereocenters. The molecule has 0 aliphatic heterocycles. The van der Waals surface area contributed by atoms with Gasteiger partial charge in [-0.2, -0.15) is 0 Å². The van der Waals surface area contributed by atoms with Gasteiger partial charge in [0.25, 0.3) is 0 Å². The average molecular weight is 294 g/mol. The topological polar surface area (TPSA) is 70.6 Å². The van der Waals surface area contributed by atoms with Crippen LogP contribution in [0, 0.1) is 5.41 Å². The minimum Gasteiger partial charge on any atom is -0.497 e. The van der Waals surface area contributed by atoms with E-state index in [0.717, 1.165) is 17.7 Å². The van der Waals surface area contributed by atoms with E-state index in [0.29, 0.717) is 6.54 Å². The van der Waals surface area contributed by atoms with Crippen molar-refractivity contribution in [2.45, 2.75) is 39.8 Å². The van der Waals surface area contributed by atoms with Gasteiger partial charge in [-0.15, -0.1) is 0 Å². The van der Waals surface area contributed by atoms with Crippen LogP contribution in [-0.2, 0) is 6.54 Å². The summed E-state index contributed by atoms with van der Waals surface area (Å²) in [6.45, 7) is 6.57. The Hall–Kier alpha value is -1.75. The molecule has 118 valence electrons. The van der Waals surface area contributed by atoms with Crippen molar-refractivity contribution in [2.24, 2.45) is 5.41 Å². The van der Waals surface area contributed by atoms with Gasteiger partial charge in [-0.1, -0.05) is 32.9 Å². The fourth-order valence-electron chi connectivity index (χ4n) is 2.10. The number of amides is 2. The number of carbonyl (C=O) groups is 1. The zero-order valence-electron chi connectivity index (χ0n) is 13.3. The standard InChI is InChI=1S/C16H26N2O3/c1-16(2,3)9-13(11-19)18-15(20)17-10-12-6-5-7-14(8-12)21-4/h5-8,13,19H,9-11H2,1-4H3,(H2,17,18,20). The van der Waals surface area contributed by atoms with Gasteiger partial charge >= 0.3 is 6.03 Å². The zero-order chi connectivity index (χ0) is 15.9. The molecule has 1 aromatic carbocycles. The molecule has 0 bridgehead atoms. The summed E-state index contributed by atoms with van der Waals surface area (Å²) in [5.74, 6) is 0.760. The van der Waals surface area contributed by atoms with Gasteiger partial charge in [0, 0.05) is 6.54 Å². The van der Waals surface area contributed by atoms with Gasteiger partial charge in [0.2, 0.25) is 0 Å². The van der Waals surface area contributed by atoms with Gasteiger partial charge < -0.3 is 20.5 Å².